The first kappa shape index (κ1) is 19.9. The van der Waals surface area contributed by atoms with Crippen molar-refractivity contribution in [2.24, 2.45) is 0 Å². The lowest BCUT2D eigenvalue weighted by Crippen LogP contribution is -2.25. The molecule has 0 saturated carbocycles. The van der Waals surface area contributed by atoms with Crippen molar-refractivity contribution in [1.82, 2.24) is 10.6 Å². The molecule has 2 heterocycles. The van der Waals surface area contributed by atoms with Crippen LogP contribution in [0.4, 0.5) is 0 Å². The molecule has 1 aromatic heterocycles. The van der Waals surface area contributed by atoms with Gasteiger partial charge < -0.3 is 24.5 Å². The quantitative estimate of drug-likeness (QED) is 0.539. The molecule has 0 spiro atoms. The Balaban J connectivity index is 1.31. The molecule has 0 atom stereocenters. The molecule has 8 heteroatoms. The molecule has 0 unspecified atom stereocenters. The smallest absolute Gasteiger partial charge is 0.252 e. The number of fused-ring (bicyclic) bond motifs is 1. The molecule has 2 N–H and O–H groups in total. The Labute approximate surface area is 177 Å². The number of rotatable bonds is 8. The van der Waals surface area contributed by atoms with Gasteiger partial charge in [-0.05, 0) is 42.0 Å². The molecular formula is C22H20N2O5S. The number of hydrogen-bond donors (Lipinski definition) is 2. The first-order valence-electron chi connectivity index (χ1n) is 9.36. The summed E-state index contributed by atoms with van der Waals surface area (Å²) >= 11 is 1.32. The van der Waals surface area contributed by atoms with Crippen molar-refractivity contribution >= 4 is 23.6 Å². The molecule has 0 bridgehead atoms. The first-order chi connectivity index (χ1) is 14.7. The second kappa shape index (κ2) is 9.41. The summed E-state index contributed by atoms with van der Waals surface area (Å²) in [6.07, 6.45) is 1.56. The number of nitrogens with one attached hydrogen (secondary N) is 2. The Morgan fingerprint density at radius 2 is 1.80 bits per heavy atom. The molecule has 0 saturated heterocycles. The zero-order chi connectivity index (χ0) is 20.8. The standard InChI is InChI=1S/C22H20N2O5S/c25-21(23-12-16-4-3-9-27-16)13-30-20-6-2-1-5-17(20)22(26)24-11-15-7-8-18-19(10-15)29-14-28-18/h1-10H,11-14H2,(H,23,25)(H,24,26). The molecular weight excluding hydrogens is 404 g/mol. The van der Waals surface area contributed by atoms with Crippen LogP contribution in [0.3, 0.4) is 0 Å². The number of carbonyl (C=O) groups is 2. The van der Waals surface area contributed by atoms with Crippen molar-refractivity contribution in [3.8, 4) is 11.5 Å². The van der Waals surface area contributed by atoms with Crippen molar-refractivity contribution in [3.05, 3.63) is 77.7 Å². The zero-order valence-corrected chi connectivity index (χ0v) is 16.9. The maximum absolute atomic E-state index is 12.7. The van der Waals surface area contributed by atoms with Crippen LogP contribution < -0.4 is 20.1 Å². The van der Waals surface area contributed by atoms with Gasteiger partial charge in [-0.25, -0.2) is 0 Å². The number of furan rings is 1. The molecule has 0 fully saturated rings. The molecule has 7 nitrogen and oxygen atoms in total. The van der Waals surface area contributed by atoms with E-state index in [1.807, 2.05) is 30.3 Å². The summed E-state index contributed by atoms with van der Waals surface area (Å²) in [5, 5.41) is 5.71. The van der Waals surface area contributed by atoms with Gasteiger partial charge in [0.1, 0.15) is 5.76 Å². The lowest BCUT2D eigenvalue weighted by molar-refractivity contribution is -0.118. The second-order valence-electron chi connectivity index (χ2n) is 6.51. The maximum Gasteiger partial charge on any atom is 0.252 e. The van der Waals surface area contributed by atoms with E-state index < -0.39 is 0 Å². The van der Waals surface area contributed by atoms with E-state index in [4.69, 9.17) is 13.9 Å². The van der Waals surface area contributed by atoms with E-state index in [0.717, 1.165) is 10.5 Å². The van der Waals surface area contributed by atoms with Gasteiger partial charge in [-0.3, -0.25) is 9.59 Å². The van der Waals surface area contributed by atoms with Crippen molar-refractivity contribution < 1.29 is 23.5 Å². The average molecular weight is 424 g/mol. The summed E-state index contributed by atoms with van der Waals surface area (Å²) in [6.45, 7) is 0.910. The highest BCUT2D eigenvalue weighted by Crippen LogP contribution is 2.32. The lowest BCUT2D eigenvalue weighted by atomic mass is 10.1. The van der Waals surface area contributed by atoms with Crippen molar-refractivity contribution in [3.63, 3.8) is 0 Å². The number of ether oxygens (including phenoxy) is 2. The van der Waals surface area contributed by atoms with Crippen LogP contribution in [0.1, 0.15) is 21.7 Å². The predicted molar refractivity (Wildman–Crippen MR) is 111 cm³/mol. The monoisotopic (exact) mass is 424 g/mol. The fraction of sp³-hybridized carbons (Fsp3) is 0.182. The number of thioether (sulfide) groups is 1. The highest BCUT2D eigenvalue weighted by Gasteiger charge is 2.15. The number of carbonyl (C=O) groups excluding carboxylic acids is 2. The number of hydrogen-bond acceptors (Lipinski definition) is 6. The van der Waals surface area contributed by atoms with Crippen LogP contribution in [-0.2, 0) is 17.9 Å². The van der Waals surface area contributed by atoms with Crippen LogP contribution in [0.15, 0.2) is 70.2 Å². The third kappa shape index (κ3) is 4.96. The normalized spacial score (nSPS) is 11.9. The molecule has 1 aliphatic rings. The molecule has 3 aromatic rings. The number of benzene rings is 2. The predicted octanol–water partition coefficient (Wildman–Crippen LogP) is 3.35. The fourth-order valence-electron chi connectivity index (χ4n) is 2.90. The van der Waals surface area contributed by atoms with E-state index in [1.165, 1.54) is 11.8 Å². The topological polar surface area (TPSA) is 89.8 Å². The van der Waals surface area contributed by atoms with Crippen LogP contribution in [0.5, 0.6) is 11.5 Å². The third-order valence-corrected chi connectivity index (χ3v) is 5.49. The Bertz CT molecular complexity index is 1040. The van der Waals surface area contributed by atoms with E-state index in [2.05, 4.69) is 10.6 Å². The number of amides is 2. The van der Waals surface area contributed by atoms with Gasteiger partial charge >= 0.3 is 0 Å². The molecule has 2 aromatic carbocycles. The Hall–Kier alpha value is -3.39. The summed E-state index contributed by atoms with van der Waals surface area (Å²) in [4.78, 5) is 25.5. The molecule has 0 aliphatic carbocycles. The van der Waals surface area contributed by atoms with Gasteiger partial charge in [-0.1, -0.05) is 18.2 Å². The second-order valence-corrected chi connectivity index (χ2v) is 7.53. The van der Waals surface area contributed by atoms with Crippen molar-refractivity contribution in [2.45, 2.75) is 18.0 Å². The van der Waals surface area contributed by atoms with Gasteiger partial charge in [-0.15, -0.1) is 11.8 Å². The van der Waals surface area contributed by atoms with Crippen LogP contribution in [0.2, 0.25) is 0 Å². The molecule has 0 radical (unpaired) electrons. The van der Waals surface area contributed by atoms with Gasteiger partial charge in [0.05, 0.1) is 24.1 Å². The van der Waals surface area contributed by atoms with Crippen molar-refractivity contribution in [2.75, 3.05) is 12.5 Å². The summed E-state index contributed by atoms with van der Waals surface area (Å²) < 4.78 is 15.9. The SMILES string of the molecule is O=C(CSc1ccccc1C(=O)NCc1ccc2c(c1)OCO2)NCc1ccco1. The highest BCUT2D eigenvalue weighted by molar-refractivity contribution is 8.00. The molecule has 30 heavy (non-hydrogen) atoms. The van der Waals surface area contributed by atoms with E-state index >= 15 is 0 Å². The summed E-state index contributed by atoms with van der Waals surface area (Å²) in [5.41, 5.74) is 1.44. The molecule has 2 amide bonds. The van der Waals surface area contributed by atoms with Crippen LogP contribution in [0, 0.1) is 0 Å². The van der Waals surface area contributed by atoms with E-state index in [1.54, 1.807) is 30.5 Å². The van der Waals surface area contributed by atoms with E-state index in [-0.39, 0.29) is 24.4 Å². The Morgan fingerprint density at radius 3 is 2.67 bits per heavy atom. The Morgan fingerprint density at radius 1 is 0.933 bits per heavy atom. The van der Waals surface area contributed by atoms with Crippen LogP contribution in [-0.4, -0.2) is 24.4 Å². The fourth-order valence-corrected chi connectivity index (χ4v) is 3.78. The van der Waals surface area contributed by atoms with Gasteiger partial charge in [0, 0.05) is 11.4 Å². The van der Waals surface area contributed by atoms with Gasteiger partial charge in [0.15, 0.2) is 11.5 Å². The van der Waals surface area contributed by atoms with Crippen molar-refractivity contribution in [1.29, 1.82) is 0 Å². The third-order valence-electron chi connectivity index (χ3n) is 4.42. The summed E-state index contributed by atoms with van der Waals surface area (Å²) in [7, 11) is 0. The summed E-state index contributed by atoms with van der Waals surface area (Å²) in [5.74, 6) is 1.94. The largest absolute Gasteiger partial charge is 0.467 e. The van der Waals surface area contributed by atoms with E-state index in [0.29, 0.717) is 35.9 Å². The average Bonchev–Trinajstić information content (AvgIpc) is 3.46. The Kier molecular flexibility index (Phi) is 6.24. The molecule has 1 aliphatic heterocycles. The maximum atomic E-state index is 12.7. The van der Waals surface area contributed by atoms with E-state index in [9.17, 15) is 9.59 Å². The minimum atomic E-state index is -0.202. The minimum Gasteiger partial charge on any atom is -0.467 e. The van der Waals surface area contributed by atoms with Gasteiger partial charge in [0.2, 0.25) is 12.7 Å². The van der Waals surface area contributed by atoms with Crippen LogP contribution >= 0.6 is 11.8 Å². The van der Waals surface area contributed by atoms with Crippen LogP contribution in [0.25, 0.3) is 0 Å². The molecule has 154 valence electrons. The zero-order valence-electron chi connectivity index (χ0n) is 16.1. The summed E-state index contributed by atoms with van der Waals surface area (Å²) in [6, 6.07) is 16.4. The van der Waals surface area contributed by atoms with Gasteiger partial charge in [0.25, 0.3) is 5.91 Å². The minimum absolute atomic E-state index is 0.132. The lowest BCUT2D eigenvalue weighted by Gasteiger charge is -2.10. The van der Waals surface area contributed by atoms with Gasteiger partial charge in [-0.2, -0.15) is 0 Å². The first-order valence-corrected chi connectivity index (χ1v) is 10.4. The molecule has 4 rings (SSSR count). The highest BCUT2D eigenvalue weighted by atomic mass is 32.2.